The van der Waals surface area contributed by atoms with E-state index in [1.807, 2.05) is 51.8 Å². The molecule has 0 atom stereocenters. The number of rotatable bonds is 6. The van der Waals surface area contributed by atoms with Gasteiger partial charge in [0.05, 0.1) is 0 Å². The summed E-state index contributed by atoms with van der Waals surface area (Å²) in [5.74, 6) is 2.02. The third-order valence-electron chi connectivity index (χ3n) is 6.99. The van der Waals surface area contributed by atoms with Gasteiger partial charge in [-0.1, -0.05) is 19.3 Å². The molecule has 0 spiro atoms. The largest absolute Gasteiger partial charge is 0.444 e. The number of ether oxygens (including phenoxy) is 1. The van der Waals surface area contributed by atoms with Crippen LogP contribution in [0, 0.1) is 19.8 Å². The zero-order valence-electron chi connectivity index (χ0n) is 22.7. The monoisotopic (exact) mass is 528 g/mol. The lowest BCUT2D eigenvalue weighted by Crippen LogP contribution is -2.62. The number of hydrogen-bond acceptors (Lipinski definition) is 8. The first-order chi connectivity index (χ1) is 17.5. The van der Waals surface area contributed by atoms with Gasteiger partial charge in [-0.3, -0.25) is 4.79 Å². The van der Waals surface area contributed by atoms with Gasteiger partial charge < -0.3 is 20.3 Å². The third kappa shape index (κ3) is 7.40. The minimum Gasteiger partial charge on any atom is -0.444 e. The molecule has 0 radical (unpaired) electrons. The van der Waals surface area contributed by atoms with E-state index >= 15 is 0 Å². The molecule has 2 fully saturated rings. The first-order valence-corrected chi connectivity index (χ1v) is 14.2. The number of carbonyl (C=O) groups is 2. The highest BCUT2D eigenvalue weighted by molar-refractivity contribution is 7.15. The highest BCUT2D eigenvalue weighted by atomic mass is 32.1. The van der Waals surface area contributed by atoms with E-state index in [-0.39, 0.29) is 5.91 Å². The van der Waals surface area contributed by atoms with E-state index in [9.17, 15) is 9.59 Å². The molecule has 9 nitrogen and oxygen atoms in total. The summed E-state index contributed by atoms with van der Waals surface area (Å²) in [7, 11) is 0. The van der Waals surface area contributed by atoms with Gasteiger partial charge in [-0.15, -0.1) is 11.3 Å². The number of piperidine rings is 1. The van der Waals surface area contributed by atoms with Crippen LogP contribution in [0.25, 0.3) is 0 Å². The molecule has 1 aliphatic heterocycles. The predicted molar refractivity (Wildman–Crippen MR) is 145 cm³/mol. The lowest BCUT2D eigenvalue weighted by atomic mass is 9.80. The Morgan fingerprint density at radius 1 is 1.14 bits per heavy atom. The van der Waals surface area contributed by atoms with Crippen LogP contribution in [0.15, 0.2) is 12.3 Å². The molecule has 2 aliphatic rings. The van der Waals surface area contributed by atoms with Crippen molar-refractivity contribution in [3.8, 4) is 0 Å². The summed E-state index contributed by atoms with van der Waals surface area (Å²) in [6.07, 6.45) is 8.16. The number of nitrogens with zero attached hydrogens (tertiary/aromatic N) is 4. The maximum Gasteiger partial charge on any atom is 0.408 e. The van der Waals surface area contributed by atoms with Crippen LogP contribution >= 0.6 is 11.3 Å². The fourth-order valence-electron chi connectivity index (χ4n) is 5.26. The highest BCUT2D eigenvalue weighted by Gasteiger charge is 2.44. The molecule has 2 aromatic rings. The van der Waals surface area contributed by atoms with Crippen molar-refractivity contribution in [2.24, 2.45) is 5.92 Å². The standard InChI is InChI=1S/C27H40N6O3S/c1-18-15-21(31-24-28-17-19(2)37-24)30-22(29-18)16-20-9-13-33(14-10-20)23(34)27(11-7-6-8-12-27)32-25(35)36-26(3,4)5/h15,17,20H,6-14,16H2,1-5H3,(H,32,35)(H,28,29,30,31). The van der Waals surface area contributed by atoms with Crippen LogP contribution in [0.2, 0.25) is 0 Å². The maximum atomic E-state index is 13.7. The van der Waals surface area contributed by atoms with Crippen LogP contribution < -0.4 is 10.6 Å². The summed E-state index contributed by atoms with van der Waals surface area (Å²) in [5, 5.41) is 7.11. The lowest BCUT2D eigenvalue weighted by molar-refractivity contribution is -0.141. The Morgan fingerprint density at radius 3 is 2.46 bits per heavy atom. The third-order valence-corrected chi connectivity index (χ3v) is 7.81. The van der Waals surface area contributed by atoms with Gasteiger partial charge in [-0.2, -0.15) is 0 Å². The average Bonchev–Trinajstić information content (AvgIpc) is 3.22. The predicted octanol–water partition coefficient (Wildman–Crippen LogP) is 5.30. The second-order valence-corrected chi connectivity index (χ2v) is 12.7. The number of amides is 2. The maximum absolute atomic E-state index is 13.7. The Labute approximate surface area is 223 Å². The van der Waals surface area contributed by atoms with E-state index < -0.39 is 17.2 Å². The fourth-order valence-corrected chi connectivity index (χ4v) is 5.93. The normalized spacial score (nSPS) is 18.4. The number of hydrogen-bond donors (Lipinski definition) is 2. The molecule has 2 N–H and O–H groups in total. The number of anilines is 2. The first-order valence-electron chi connectivity index (χ1n) is 13.4. The minimum absolute atomic E-state index is 0.0357. The number of likely N-dealkylation sites (tertiary alicyclic amines) is 1. The number of nitrogens with one attached hydrogen (secondary N) is 2. The van der Waals surface area contributed by atoms with Crippen molar-refractivity contribution in [3.05, 3.63) is 28.7 Å². The van der Waals surface area contributed by atoms with Gasteiger partial charge in [-0.05, 0) is 66.2 Å². The molecule has 4 rings (SSSR count). The van der Waals surface area contributed by atoms with Crippen molar-refractivity contribution >= 4 is 34.3 Å². The molecule has 0 bridgehead atoms. The average molecular weight is 529 g/mol. The molecule has 202 valence electrons. The number of carbonyl (C=O) groups excluding carboxylic acids is 2. The van der Waals surface area contributed by atoms with Crippen LogP contribution in [-0.4, -0.2) is 56.1 Å². The molecular formula is C27H40N6O3S. The fraction of sp³-hybridized carbons (Fsp3) is 0.667. The molecule has 3 heterocycles. The second kappa shape index (κ2) is 11.3. The second-order valence-electron chi connectivity index (χ2n) is 11.4. The van der Waals surface area contributed by atoms with Crippen LogP contribution in [0.3, 0.4) is 0 Å². The minimum atomic E-state index is -0.859. The zero-order chi connectivity index (χ0) is 26.6. The Balaban J connectivity index is 1.36. The van der Waals surface area contributed by atoms with Crippen molar-refractivity contribution in [3.63, 3.8) is 0 Å². The first kappa shape index (κ1) is 27.3. The zero-order valence-corrected chi connectivity index (χ0v) is 23.5. The van der Waals surface area contributed by atoms with E-state index in [1.54, 1.807) is 11.3 Å². The van der Waals surface area contributed by atoms with Crippen molar-refractivity contribution in [2.45, 2.75) is 97.1 Å². The molecule has 37 heavy (non-hydrogen) atoms. The Hall–Kier alpha value is -2.75. The molecule has 1 saturated carbocycles. The van der Waals surface area contributed by atoms with Crippen molar-refractivity contribution in [2.75, 3.05) is 18.4 Å². The van der Waals surface area contributed by atoms with Crippen LogP contribution in [0.4, 0.5) is 15.7 Å². The van der Waals surface area contributed by atoms with Crippen molar-refractivity contribution < 1.29 is 14.3 Å². The topological polar surface area (TPSA) is 109 Å². The van der Waals surface area contributed by atoms with Gasteiger partial charge in [0.1, 0.15) is 22.8 Å². The summed E-state index contributed by atoms with van der Waals surface area (Å²) >= 11 is 1.60. The van der Waals surface area contributed by atoms with Gasteiger partial charge in [0.15, 0.2) is 5.13 Å². The van der Waals surface area contributed by atoms with Gasteiger partial charge in [0.25, 0.3) is 0 Å². The molecular weight excluding hydrogens is 488 g/mol. The quantitative estimate of drug-likeness (QED) is 0.523. The molecule has 0 aromatic carbocycles. The number of thiazole rings is 1. The van der Waals surface area contributed by atoms with Gasteiger partial charge in [0.2, 0.25) is 5.91 Å². The summed E-state index contributed by atoms with van der Waals surface area (Å²) in [4.78, 5) is 43.2. The molecule has 2 amide bonds. The molecule has 1 saturated heterocycles. The summed E-state index contributed by atoms with van der Waals surface area (Å²) < 4.78 is 5.50. The Morgan fingerprint density at radius 2 is 1.84 bits per heavy atom. The summed E-state index contributed by atoms with van der Waals surface area (Å²) in [6.45, 7) is 10.9. The smallest absolute Gasteiger partial charge is 0.408 e. The van der Waals surface area contributed by atoms with Crippen LogP contribution in [0.5, 0.6) is 0 Å². The van der Waals surface area contributed by atoms with Crippen molar-refractivity contribution in [1.82, 2.24) is 25.2 Å². The Kier molecular flexibility index (Phi) is 8.36. The Bertz CT molecular complexity index is 1100. The van der Waals surface area contributed by atoms with Gasteiger partial charge >= 0.3 is 6.09 Å². The molecule has 2 aromatic heterocycles. The SMILES string of the molecule is Cc1cc(Nc2ncc(C)s2)nc(CC2CCN(C(=O)C3(NC(=O)OC(C)(C)C)CCCCC3)CC2)n1. The van der Waals surface area contributed by atoms with Gasteiger partial charge in [0, 0.05) is 42.3 Å². The number of aromatic nitrogens is 3. The number of alkyl carbamates (subject to hydrolysis) is 1. The van der Waals surface area contributed by atoms with Gasteiger partial charge in [-0.25, -0.2) is 19.7 Å². The lowest BCUT2D eigenvalue weighted by Gasteiger charge is -2.42. The van der Waals surface area contributed by atoms with E-state index in [0.717, 1.165) is 65.9 Å². The highest BCUT2D eigenvalue weighted by Crippen LogP contribution is 2.32. The van der Waals surface area contributed by atoms with Crippen molar-refractivity contribution in [1.29, 1.82) is 0 Å². The van der Waals surface area contributed by atoms with E-state index in [2.05, 4.69) is 20.6 Å². The molecule has 10 heteroatoms. The summed E-state index contributed by atoms with van der Waals surface area (Å²) in [5.41, 5.74) is -0.545. The molecule has 1 aliphatic carbocycles. The molecule has 0 unspecified atom stereocenters. The van der Waals surface area contributed by atoms with E-state index in [4.69, 9.17) is 9.72 Å². The van der Waals surface area contributed by atoms with Crippen LogP contribution in [0.1, 0.15) is 82.1 Å². The number of aryl methyl sites for hydroxylation is 2. The van der Waals surface area contributed by atoms with Crippen LogP contribution in [-0.2, 0) is 16.0 Å². The summed E-state index contributed by atoms with van der Waals surface area (Å²) in [6, 6.07) is 1.93. The van der Waals surface area contributed by atoms with E-state index in [0.29, 0.717) is 31.8 Å². The van der Waals surface area contributed by atoms with E-state index in [1.165, 1.54) is 0 Å².